The summed E-state index contributed by atoms with van der Waals surface area (Å²) in [6, 6.07) is 5.60. The lowest BCUT2D eigenvalue weighted by molar-refractivity contribution is -0.123. The number of carbonyl (C=O) groups is 2. The van der Waals surface area contributed by atoms with Gasteiger partial charge in [-0.05, 0) is 37.0 Å². The van der Waals surface area contributed by atoms with Gasteiger partial charge in [0.15, 0.2) is 0 Å². The molecule has 1 aromatic carbocycles. The highest BCUT2D eigenvalue weighted by atomic mass is 16.5. The van der Waals surface area contributed by atoms with Gasteiger partial charge in [0.25, 0.3) is 5.91 Å². The Kier molecular flexibility index (Phi) is 7.25. The number of anilines is 2. The van der Waals surface area contributed by atoms with E-state index in [-0.39, 0.29) is 11.8 Å². The number of benzene rings is 1. The summed E-state index contributed by atoms with van der Waals surface area (Å²) < 4.78 is 5.02. The summed E-state index contributed by atoms with van der Waals surface area (Å²) >= 11 is 0. The van der Waals surface area contributed by atoms with Gasteiger partial charge < -0.3 is 20.3 Å². The average Bonchev–Trinajstić information content (AvgIpc) is 2.62. The summed E-state index contributed by atoms with van der Waals surface area (Å²) in [5.41, 5.74) is 1.65. The van der Waals surface area contributed by atoms with E-state index < -0.39 is 5.41 Å². The van der Waals surface area contributed by atoms with E-state index in [9.17, 15) is 9.59 Å². The molecule has 0 aliphatic carbocycles. The van der Waals surface area contributed by atoms with Crippen LogP contribution in [-0.4, -0.2) is 45.2 Å². The molecule has 1 saturated heterocycles. The first-order valence-corrected chi connectivity index (χ1v) is 9.70. The van der Waals surface area contributed by atoms with E-state index in [0.717, 1.165) is 31.6 Å². The second kappa shape index (κ2) is 9.22. The van der Waals surface area contributed by atoms with Crippen LogP contribution in [0.1, 0.15) is 50.9 Å². The summed E-state index contributed by atoms with van der Waals surface area (Å²) in [4.78, 5) is 27.4. The largest absolute Gasteiger partial charge is 0.383 e. The third-order valence-corrected chi connectivity index (χ3v) is 4.90. The third-order valence-electron chi connectivity index (χ3n) is 4.90. The number of carbonyl (C=O) groups excluding carboxylic acids is 2. The van der Waals surface area contributed by atoms with Crippen molar-refractivity contribution in [2.24, 2.45) is 11.3 Å². The average molecular weight is 376 g/mol. The molecule has 2 amide bonds. The minimum atomic E-state index is -0.497. The first kappa shape index (κ1) is 21.2. The number of amides is 2. The lowest BCUT2D eigenvalue weighted by Crippen LogP contribution is -2.35. The molecule has 0 aromatic heterocycles. The summed E-state index contributed by atoms with van der Waals surface area (Å²) in [5.74, 6) is 0.492. The van der Waals surface area contributed by atoms with Gasteiger partial charge in [0.1, 0.15) is 0 Å². The first-order chi connectivity index (χ1) is 12.7. The summed E-state index contributed by atoms with van der Waals surface area (Å²) in [6.07, 6.45) is 2.24. The molecule has 1 aliphatic rings. The van der Waals surface area contributed by atoms with Gasteiger partial charge in [-0.3, -0.25) is 9.59 Å². The molecule has 1 aromatic rings. The highest BCUT2D eigenvalue weighted by Crippen LogP contribution is 2.29. The van der Waals surface area contributed by atoms with Crippen molar-refractivity contribution in [1.29, 1.82) is 0 Å². The van der Waals surface area contributed by atoms with Crippen LogP contribution in [0.4, 0.5) is 11.4 Å². The lowest BCUT2D eigenvalue weighted by atomic mass is 9.95. The molecule has 0 spiro atoms. The van der Waals surface area contributed by atoms with Gasteiger partial charge in [-0.25, -0.2) is 0 Å². The van der Waals surface area contributed by atoms with Gasteiger partial charge in [-0.2, -0.15) is 0 Å². The predicted octanol–water partition coefficient (Wildman–Crippen LogP) is 3.28. The van der Waals surface area contributed by atoms with Crippen LogP contribution in [0.2, 0.25) is 0 Å². The van der Waals surface area contributed by atoms with E-state index in [0.29, 0.717) is 30.3 Å². The van der Waals surface area contributed by atoms with E-state index in [1.54, 1.807) is 13.2 Å². The van der Waals surface area contributed by atoms with E-state index in [4.69, 9.17) is 4.74 Å². The number of ether oxygens (including phenoxy) is 1. The summed E-state index contributed by atoms with van der Waals surface area (Å²) in [6.45, 7) is 10.6. The van der Waals surface area contributed by atoms with Crippen molar-refractivity contribution in [2.75, 3.05) is 43.6 Å². The van der Waals surface area contributed by atoms with Crippen LogP contribution < -0.4 is 15.5 Å². The third kappa shape index (κ3) is 5.96. The van der Waals surface area contributed by atoms with Crippen molar-refractivity contribution >= 4 is 23.2 Å². The molecular formula is C21H33N3O3. The fraction of sp³-hybridized carbons (Fsp3) is 0.619. The zero-order chi connectivity index (χ0) is 20.0. The molecule has 0 saturated carbocycles. The maximum absolute atomic E-state index is 12.8. The van der Waals surface area contributed by atoms with Crippen LogP contribution in [-0.2, 0) is 9.53 Å². The zero-order valence-electron chi connectivity index (χ0n) is 17.2. The standard InChI is InChI=1S/C21H33N3O3/c1-15-8-11-24(12-9-15)18-7-6-16(23-20(26)21(2,3)4)14-17(18)19(25)22-10-13-27-5/h6-7,14-15H,8-13H2,1-5H3,(H,22,25)(H,23,26). The Hall–Kier alpha value is -2.08. The Morgan fingerprint density at radius 2 is 1.89 bits per heavy atom. The molecule has 0 atom stereocenters. The number of nitrogens with zero attached hydrogens (tertiary/aromatic N) is 1. The fourth-order valence-electron chi connectivity index (χ4n) is 3.00. The zero-order valence-corrected chi connectivity index (χ0v) is 17.2. The molecule has 0 unspecified atom stereocenters. The van der Waals surface area contributed by atoms with Crippen molar-refractivity contribution in [1.82, 2.24) is 5.32 Å². The van der Waals surface area contributed by atoms with Crippen LogP contribution in [0.3, 0.4) is 0 Å². The van der Waals surface area contributed by atoms with Crippen LogP contribution >= 0.6 is 0 Å². The molecule has 1 aliphatic heterocycles. The van der Waals surface area contributed by atoms with Gasteiger partial charge in [0.2, 0.25) is 5.91 Å². The fourth-order valence-corrected chi connectivity index (χ4v) is 3.00. The molecule has 6 nitrogen and oxygen atoms in total. The molecule has 2 rings (SSSR count). The number of nitrogens with one attached hydrogen (secondary N) is 2. The topological polar surface area (TPSA) is 70.7 Å². The van der Waals surface area contributed by atoms with E-state index in [1.807, 2.05) is 32.9 Å². The molecule has 1 heterocycles. The van der Waals surface area contributed by atoms with Gasteiger partial charge in [0.05, 0.1) is 12.2 Å². The van der Waals surface area contributed by atoms with Crippen LogP contribution in [0.5, 0.6) is 0 Å². The Bertz CT molecular complexity index is 659. The SMILES string of the molecule is COCCNC(=O)c1cc(NC(=O)C(C)(C)C)ccc1N1CCC(C)CC1. The smallest absolute Gasteiger partial charge is 0.253 e. The molecule has 27 heavy (non-hydrogen) atoms. The predicted molar refractivity (Wildman–Crippen MR) is 109 cm³/mol. The second-order valence-corrected chi connectivity index (χ2v) is 8.35. The van der Waals surface area contributed by atoms with E-state index in [2.05, 4.69) is 22.5 Å². The van der Waals surface area contributed by atoms with Crippen LogP contribution in [0.25, 0.3) is 0 Å². The first-order valence-electron chi connectivity index (χ1n) is 9.70. The van der Waals surface area contributed by atoms with Crippen LogP contribution in [0.15, 0.2) is 18.2 Å². The van der Waals surface area contributed by atoms with Crippen molar-refractivity contribution in [3.63, 3.8) is 0 Å². The molecule has 150 valence electrons. The second-order valence-electron chi connectivity index (χ2n) is 8.35. The minimum Gasteiger partial charge on any atom is -0.383 e. The normalized spacial score (nSPS) is 15.5. The molecule has 2 N–H and O–H groups in total. The van der Waals surface area contributed by atoms with Gasteiger partial charge in [-0.15, -0.1) is 0 Å². The Morgan fingerprint density at radius 3 is 2.48 bits per heavy atom. The van der Waals surface area contributed by atoms with Gasteiger partial charge in [-0.1, -0.05) is 27.7 Å². The van der Waals surface area contributed by atoms with Gasteiger partial charge >= 0.3 is 0 Å². The molecular weight excluding hydrogens is 342 g/mol. The molecule has 6 heteroatoms. The number of methoxy groups -OCH3 is 1. The maximum atomic E-state index is 12.8. The monoisotopic (exact) mass is 375 g/mol. The number of hydrogen-bond acceptors (Lipinski definition) is 4. The Balaban J connectivity index is 2.26. The van der Waals surface area contributed by atoms with Crippen molar-refractivity contribution < 1.29 is 14.3 Å². The summed E-state index contributed by atoms with van der Waals surface area (Å²) in [7, 11) is 1.61. The Labute approximate surface area is 162 Å². The lowest BCUT2D eigenvalue weighted by Gasteiger charge is -2.33. The van der Waals surface area contributed by atoms with E-state index in [1.165, 1.54) is 0 Å². The van der Waals surface area contributed by atoms with E-state index >= 15 is 0 Å². The highest BCUT2D eigenvalue weighted by molar-refractivity contribution is 6.02. The maximum Gasteiger partial charge on any atom is 0.253 e. The van der Waals surface area contributed by atoms with Crippen molar-refractivity contribution in [3.8, 4) is 0 Å². The number of hydrogen-bond donors (Lipinski definition) is 2. The Morgan fingerprint density at radius 1 is 1.22 bits per heavy atom. The van der Waals surface area contributed by atoms with Crippen molar-refractivity contribution in [2.45, 2.75) is 40.5 Å². The number of piperidine rings is 1. The number of rotatable bonds is 6. The highest BCUT2D eigenvalue weighted by Gasteiger charge is 2.24. The minimum absolute atomic E-state index is 0.0761. The van der Waals surface area contributed by atoms with Crippen LogP contribution in [0, 0.1) is 11.3 Å². The summed E-state index contributed by atoms with van der Waals surface area (Å²) in [5, 5.41) is 5.82. The molecule has 1 fully saturated rings. The molecule has 0 bridgehead atoms. The van der Waals surface area contributed by atoms with Crippen molar-refractivity contribution in [3.05, 3.63) is 23.8 Å². The quantitative estimate of drug-likeness (QED) is 0.749. The molecule has 0 radical (unpaired) electrons. The van der Waals surface area contributed by atoms with Gasteiger partial charge in [0, 0.05) is 43.5 Å².